The highest BCUT2D eigenvalue weighted by Gasteiger charge is 2.27. The van der Waals surface area contributed by atoms with Crippen LogP contribution in [0.4, 0.5) is 0 Å². The topological polar surface area (TPSA) is 75.4 Å². The van der Waals surface area contributed by atoms with E-state index in [1.807, 2.05) is 23.1 Å². The molecule has 134 valence electrons. The molecular weight excluding hydrogens is 349 g/mol. The van der Waals surface area contributed by atoms with Crippen molar-refractivity contribution >= 4 is 35.8 Å². The van der Waals surface area contributed by atoms with E-state index in [2.05, 4.69) is 5.32 Å². The number of carbonyl (C=O) groups excluding carboxylic acids is 2. The third kappa shape index (κ3) is 5.96. The van der Waals surface area contributed by atoms with Crippen LogP contribution in [0.2, 0.25) is 5.02 Å². The van der Waals surface area contributed by atoms with Crippen LogP contribution in [0, 0.1) is 0 Å². The van der Waals surface area contributed by atoms with E-state index >= 15 is 0 Å². The molecule has 2 rings (SSSR count). The molecule has 0 aliphatic carbocycles. The van der Waals surface area contributed by atoms with Gasteiger partial charge in [-0.15, -0.1) is 12.4 Å². The fourth-order valence-corrected chi connectivity index (χ4v) is 3.10. The van der Waals surface area contributed by atoms with E-state index < -0.39 is 0 Å². The van der Waals surface area contributed by atoms with Crippen molar-refractivity contribution in [3.63, 3.8) is 0 Å². The van der Waals surface area contributed by atoms with Crippen molar-refractivity contribution in [3.05, 3.63) is 34.9 Å². The number of nitrogens with two attached hydrogens (primary N) is 1. The van der Waals surface area contributed by atoms with Crippen molar-refractivity contribution in [2.45, 2.75) is 38.1 Å². The average molecular weight is 374 g/mol. The monoisotopic (exact) mass is 373 g/mol. The zero-order valence-electron chi connectivity index (χ0n) is 13.7. The van der Waals surface area contributed by atoms with Gasteiger partial charge in [0.25, 0.3) is 0 Å². The molecule has 24 heavy (non-hydrogen) atoms. The maximum Gasteiger partial charge on any atom is 0.227 e. The largest absolute Gasteiger partial charge is 0.354 e. The highest BCUT2D eigenvalue weighted by molar-refractivity contribution is 6.31. The molecule has 1 heterocycles. The first-order chi connectivity index (χ1) is 11.1. The predicted octanol–water partition coefficient (Wildman–Crippen LogP) is 2.15. The summed E-state index contributed by atoms with van der Waals surface area (Å²) in [5, 5.41) is 3.49. The van der Waals surface area contributed by atoms with Gasteiger partial charge in [0.2, 0.25) is 11.8 Å². The summed E-state index contributed by atoms with van der Waals surface area (Å²) in [5.41, 5.74) is 6.22. The molecule has 1 aliphatic heterocycles. The van der Waals surface area contributed by atoms with Crippen LogP contribution in [0.3, 0.4) is 0 Å². The Morgan fingerprint density at radius 2 is 2.04 bits per heavy atom. The van der Waals surface area contributed by atoms with Gasteiger partial charge in [-0.25, -0.2) is 0 Å². The molecule has 0 bridgehead atoms. The molecule has 1 fully saturated rings. The number of nitrogens with zero attached hydrogens (tertiary/aromatic N) is 1. The number of halogens is 2. The Hall–Kier alpha value is -1.30. The van der Waals surface area contributed by atoms with Gasteiger partial charge in [-0.2, -0.15) is 0 Å². The first-order valence-electron chi connectivity index (χ1n) is 8.11. The summed E-state index contributed by atoms with van der Waals surface area (Å²) in [5.74, 6) is 0.00690. The summed E-state index contributed by atoms with van der Waals surface area (Å²) < 4.78 is 0. The van der Waals surface area contributed by atoms with Gasteiger partial charge in [0.1, 0.15) is 0 Å². The van der Waals surface area contributed by atoms with E-state index in [0.29, 0.717) is 31.0 Å². The molecule has 1 aromatic carbocycles. The summed E-state index contributed by atoms with van der Waals surface area (Å²) >= 11 is 6.14. The quantitative estimate of drug-likeness (QED) is 0.801. The molecule has 1 atom stereocenters. The van der Waals surface area contributed by atoms with Gasteiger partial charge >= 0.3 is 0 Å². The summed E-state index contributed by atoms with van der Waals surface area (Å²) in [7, 11) is 0. The SMILES string of the molecule is Cl.NCCC(=O)NCC1CCCCN1C(=O)Cc1ccccc1Cl. The molecule has 2 amide bonds. The summed E-state index contributed by atoms with van der Waals surface area (Å²) in [6, 6.07) is 7.47. The fraction of sp³-hybridized carbons (Fsp3) is 0.529. The highest BCUT2D eigenvalue weighted by atomic mass is 35.5. The number of amides is 2. The smallest absolute Gasteiger partial charge is 0.227 e. The number of nitrogens with one attached hydrogen (secondary N) is 1. The van der Waals surface area contributed by atoms with E-state index in [-0.39, 0.29) is 30.3 Å². The Balaban J connectivity index is 0.00000288. The minimum absolute atomic E-state index is 0. The molecule has 1 saturated heterocycles. The average Bonchev–Trinajstić information content (AvgIpc) is 2.55. The van der Waals surface area contributed by atoms with Crippen molar-refractivity contribution in [1.29, 1.82) is 0 Å². The molecule has 1 unspecified atom stereocenters. The maximum absolute atomic E-state index is 12.6. The second kappa shape index (κ2) is 10.5. The van der Waals surface area contributed by atoms with Gasteiger partial charge in [0, 0.05) is 37.1 Å². The third-order valence-corrected chi connectivity index (χ3v) is 4.52. The first-order valence-corrected chi connectivity index (χ1v) is 8.49. The van der Waals surface area contributed by atoms with Crippen LogP contribution in [-0.4, -0.2) is 42.4 Å². The van der Waals surface area contributed by atoms with Gasteiger partial charge < -0.3 is 16.0 Å². The van der Waals surface area contributed by atoms with E-state index in [9.17, 15) is 9.59 Å². The molecule has 0 radical (unpaired) electrons. The molecule has 0 spiro atoms. The summed E-state index contributed by atoms with van der Waals surface area (Å²) in [6.45, 7) is 1.57. The summed E-state index contributed by atoms with van der Waals surface area (Å²) in [6.07, 6.45) is 3.61. The lowest BCUT2D eigenvalue weighted by Crippen LogP contribution is -2.50. The Kier molecular flexibility index (Phi) is 9.11. The van der Waals surface area contributed by atoms with Gasteiger partial charge in [0.05, 0.1) is 6.42 Å². The van der Waals surface area contributed by atoms with Crippen molar-refractivity contribution in [2.75, 3.05) is 19.6 Å². The molecule has 1 aliphatic rings. The lowest BCUT2D eigenvalue weighted by molar-refractivity contribution is -0.134. The van der Waals surface area contributed by atoms with Gasteiger partial charge in [0.15, 0.2) is 0 Å². The van der Waals surface area contributed by atoms with Crippen LogP contribution in [0.5, 0.6) is 0 Å². The van der Waals surface area contributed by atoms with E-state index in [0.717, 1.165) is 31.4 Å². The number of hydrogen-bond acceptors (Lipinski definition) is 3. The predicted molar refractivity (Wildman–Crippen MR) is 98.4 cm³/mol. The Labute approximate surface area is 154 Å². The normalized spacial score (nSPS) is 17.1. The van der Waals surface area contributed by atoms with Crippen LogP contribution in [0.15, 0.2) is 24.3 Å². The zero-order chi connectivity index (χ0) is 16.7. The molecular formula is C17H25Cl2N3O2. The molecule has 1 aromatic rings. The van der Waals surface area contributed by atoms with Crippen LogP contribution < -0.4 is 11.1 Å². The standard InChI is InChI=1S/C17H24ClN3O2.ClH/c18-15-7-2-1-5-13(15)11-17(23)21-10-4-3-6-14(21)12-20-16(22)8-9-19;/h1-2,5,7,14H,3-4,6,8-12,19H2,(H,20,22);1H. The van der Waals surface area contributed by atoms with E-state index in [4.69, 9.17) is 17.3 Å². The minimum atomic E-state index is -0.0587. The van der Waals surface area contributed by atoms with Gasteiger partial charge in [-0.1, -0.05) is 29.8 Å². The second-order valence-corrected chi connectivity index (χ2v) is 6.25. The van der Waals surface area contributed by atoms with Crippen molar-refractivity contribution in [3.8, 4) is 0 Å². The lowest BCUT2D eigenvalue weighted by Gasteiger charge is -2.36. The molecule has 5 nitrogen and oxygen atoms in total. The molecule has 7 heteroatoms. The third-order valence-electron chi connectivity index (χ3n) is 4.15. The fourth-order valence-electron chi connectivity index (χ4n) is 2.90. The number of likely N-dealkylation sites (tertiary alicyclic amines) is 1. The zero-order valence-corrected chi connectivity index (χ0v) is 15.2. The first kappa shape index (κ1) is 20.7. The Bertz CT molecular complexity index is 554. The van der Waals surface area contributed by atoms with Crippen molar-refractivity contribution < 1.29 is 9.59 Å². The lowest BCUT2D eigenvalue weighted by atomic mass is 10.0. The number of rotatable bonds is 6. The number of hydrogen-bond donors (Lipinski definition) is 2. The molecule has 3 N–H and O–H groups in total. The highest BCUT2D eigenvalue weighted by Crippen LogP contribution is 2.20. The van der Waals surface area contributed by atoms with E-state index in [1.165, 1.54) is 0 Å². The minimum Gasteiger partial charge on any atom is -0.354 e. The number of benzene rings is 1. The summed E-state index contributed by atoms with van der Waals surface area (Å²) in [4.78, 5) is 26.1. The van der Waals surface area contributed by atoms with Crippen molar-refractivity contribution in [2.24, 2.45) is 5.73 Å². The Morgan fingerprint density at radius 1 is 1.29 bits per heavy atom. The maximum atomic E-state index is 12.6. The van der Waals surface area contributed by atoms with E-state index in [1.54, 1.807) is 6.07 Å². The van der Waals surface area contributed by atoms with Crippen LogP contribution in [-0.2, 0) is 16.0 Å². The Morgan fingerprint density at radius 3 is 2.75 bits per heavy atom. The molecule has 0 saturated carbocycles. The van der Waals surface area contributed by atoms with Crippen molar-refractivity contribution in [1.82, 2.24) is 10.2 Å². The van der Waals surface area contributed by atoms with Crippen LogP contribution >= 0.6 is 24.0 Å². The van der Waals surface area contributed by atoms with Crippen LogP contribution in [0.25, 0.3) is 0 Å². The second-order valence-electron chi connectivity index (χ2n) is 5.85. The number of carbonyl (C=O) groups is 2. The molecule has 0 aromatic heterocycles. The van der Waals surface area contributed by atoms with Gasteiger partial charge in [-0.3, -0.25) is 9.59 Å². The van der Waals surface area contributed by atoms with Crippen LogP contribution in [0.1, 0.15) is 31.2 Å². The number of piperidine rings is 1. The van der Waals surface area contributed by atoms with Gasteiger partial charge in [-0.05, 0) is 30.9 Å².